The minimum absolute atomic E-state index is 0.0377. The quantitative estimate of drug-likeness (QED) is 0.910. The number of hydrogen-bond acceptors (Lipinski definition) is 5. The third kappa shape index (κ3) is 3.84. The van der Waals surface area contributed by atoms with Gasteiger partial charge in [0, 0.05) is 0 Å². The zero-order valence-electron chi connectivity index (χ0n) is 12.0. The van der Waals surface area contributed by atoms with Gasteiger partial charge in [-0.25, -0.2) is 4.79 Å². The lowest BCUT2D eigenvalue weighted by molar-refractivity contribution is -0.0222. The topological polar surface area (TPSA) is 71.9 Å². The molecule has 1 aromatic heterocycles. The number of aromatic nitrogens is 1. The summed E-state index contributed by atoms with van der Waals surface area (Å²) in [5, 5.41) is 8.89. The molecule has 0 aromatic carbocycles. The maximum Gasteiger partial charge on any atom is 0.410 e. The second kappa shape index (κ2) is 5.66. The molecule has 110 valence electrons. The highest BCUT2D eigenvalue weighted by Crippen LogP contribution is 2.20. The molecule has 1 saturated heterocycles. The SMILES string of the molecule is CC(C)(C)OC(=O)N1CC(Oc2ccc(CO)nc2)C1. The van der Waals surface area contributed by atoms with Crippen molar-refractivity contribution in [3.63, 3.8) is 0 Å². The first-order valence-electron chi connectivity index (χ1n) is 6.58. The van der Waals surface area contributed by atoms with Crippen molar-refractivity contribution in [1.29, 1.82) is 0 Å². The first kappa shape index (κ1) is 14.6. The maximum absolute atomic E-state index is 11.7. The van der Waals surface area contributed by atoms with Gasteiger partial charge in [-0.3, -0.25) is 4.98 Å². The number of carbonyl (C=O) groups is 1. The van der Waals surface area contributed by atoms with Crippen LogP contribution in [-0.4, -0.2) is 45.9 Å². The Labute approximate surface area is 118 Å². The predicted octanol–water partition coefficient (Wildman–Crippen LogP) is 1.57. The molecule has 1 aliphatic rings. The van der Waals surface area contributed by atoms with Gasteiger partial charge in [0.05, 0.1) is 31.6 Å². The second-order valence-electron chi connectivity index (χ2n) is 5.77. The van der Waals surface area contributed by atoms with Crippen molar-refractivity contribution in [2.24, 2.45) is 0 Å². The summed E-state index contributed by atoms with van der Waals surface area (Å²) in [4.78, 5) is 17.4. The molecule has 0 aliphatic carbocycles. The van der Waals surface area contributed by atoms with Crippen LogP contribution in [0.2, 0.25) is 0 Å². The van der Waals surface area contributed by atoms with Crippen LogP contribution in [0.15, 0.2) is 18.3 Å². The Hall–Kier alpha value is -1.82. The fourth-order valence-corrected chi connectivity index (χ4v) is 1.75. The summed E-state index contributed by atoms with van der Waals surface area (Å²) in [5.41, 5.74) is 0.119. The number of amides is 1. The molecular formula is C14H20N2O4. The van der Waals surface area contributed by atoms with E-state index in [9.17, 15) is 4.79 Å². The Morgan fingerprint density at radius 2 is 2.15 bits per heavy atom. The molecule has 0 spiro atoms. The van der Waals surface area contributed by atoms with Gasteiger partial charge >= 0.3 is 6.09 Å². The highest BCUT2D eigenvalue weighted by molar-refractivity contribution is 5.69. The Morgan fingerprint density at radius 1 is 1.45 bits per heavy atom. The average Bonchev–Trinajstić information content (AvgIpc) is 2.31. The van der Waals surface area contributed by atoms with Gasteiger partial charge in [0.1, 0.15) is 17.5 Å². The number of likely N-dealkylation sites (tertiary alicyclic amines) is 1. The van der Waals surface area contributed by atoms with Gasteiger partial charge in [0.15, 0.2) is 0 Å². The van der Waals surface area contributed by atoms with Crippen LogP contribution in [0.4, 0.5) is 4.79 Å². The van der Waals surface area contributed by atoms with E-state index in [0.717, 1.165) is 0 Å². The van der Waals surface area contributed by atoms with Crippen LogP contribution in [0.1, 0.15) is 26.5 Å². The van der Waals surface area contributed by atoms with Gasteiger partial charge in [-0.15, -0.1) is 0 Å². The summed E-state index contributed by atoms with van der Waals surface area (Å²) in [6.07, 6.45) is 1.22. The second-order valence-corrected chi connectivity index (χ2v) is 5.77. The molecule has 1 aromatic rings. The van der Waals surface area contributed by atoms with Crippen molar-refractivity contribution in [3.8, 4) is 5.75 Å². The molecule has 6 heteroatoms. The molecule has 1 fully saturated rings. The van der Waals surface area contributed by atoms with Crippen molar-refractivity contribution in [3.05, 3.63) is 24.0 Å². The van der Waals surface area contributed by atoms with Gasteiger partial charge < -0.3 is 19.5 Å². The van der Waals surface area contributed by atoms with Crippen LogP contribution in [0, 0.1) is 0 Å². The summed E-state index contributed by atoms with van der Waals surface area (Å²) in [6, 6.07) is 3.47. The van der Waals surface area contributed by atoms with E-state index in [1.807, 2.05) is 20.8 Å². The highest BCUT2D eigenvalue weighted by Gasteiger charge is 2.35. The van der Waals surface area contributed by atoms with Crippen molar-refractivity contribution < 1.29 is 19.4 Å². The maximum atomic E-state index is 11.7. The molecule has 1 amide bonds. The van der Waals surface area contributed by atoms with Crippen LogP contribution < -0.4 is 4.74 Å². The van der Waals surface area contributed by atoms with Gasteiger partial charge in [0.25, 0.3) is 0 Å². The molecule has 0 bridgehead atoms. The van der Waals surface area contributed by atoms with Crippen LogP contribution in [-0.2, 0) is 11.3 Å². The number of aliphatic hydroxyl groups excluding tert-OH is 1. The Balaban J connectivity index is 1.77. The fourth-order valence-electron chi connectivity index (χ4n) is 1.75. The summed E-state index contributed by atoms with van der Waals surface area (Å²) in [5.74, 6) is 0.635. The van der Waals surface area contributed by atoms with Gasteiger partial charge in [-0.05, 0) is 32.9 Å². The number of nitrogens with zero attached hydrogens (tertiary/aromatic N) is 2. The zero-order chi connectivity index (χ0) is 14.8. The van der Waals surface area contributed by atoms with Crippen LogP contribution in [0.5, 0.6) is 5.75 Å². The summed E-state index contributed by atoms with van der Waals surface area (Å²) in [7, 11) is 0. The van der Waals surface area contributed by atoms with Gasteiger partial charge in [-0.2, -0.15) is 0 Å². The predicted molar refractivity (Wildman–Crippen MR) is 72.4 cm³/mol. The monoisotopic (exact) mass is 280 g/mol. The van der Waals surface area contributed by atoms with Crippen LogP contribution >= 0.6 is 0 Å². The Morgan fingerprint density at radius 3 is 2.65 bits per heavy atom. The summed E-state index contributed by atoms with van der Waals surface area (Å²) in [6.45, 7) is 6.45. The van der Waals surface area contributed by atoms with E-state index >= 15 is 0 Å². The number of pyridine rings is 1. The van der Waals surface area contributed by atoms with E-state index in [0.29, 0.717) is 24.5 Å². The molecule has 2 rings (SSSR count). The third-order valence-electron chi connectivity index (χ3n) is 2.76. The molecule has 0 saturated carbocycles. The summed E-state index contributed by atoms with van der Waals surface area (Å²) >= 11 is 0. The largest absolute Gasteiger partial charge is 0.485 e. The van der Waals surface area contributed by atoms with Crippen molar-refractivity contribution >= 4 is 6.09 Å². The first-order valence-corrected chi connectivity index (χ1v) is 6.58. The average molecular weight is 280 g/mol. The minimum Gasteiger partial charge on any atom is -0.485 e. The normalized spacial score (nSPS) is 15.7. The van der Waals surface area contributed by atoms with Gasteiger partial charge in [-0.1, -0.05) is 0 Å². The standard InChI is InChI=1S/C14H20N2O4/c1-14(2,3)20-13(18)16-7-12(8-16)19-11-5-4-10(9-17)15-6-11/h4-6,12,17H,7-9H2,1-3H3. The summed E-state index contributed by atoms with van der Waals surface area (Å²) < 4.78 is 10.9. The minimum atomic E-state index is -0.479. The van der Waals surface area contributed by atoms with E-state index in [1.54, 1.807) is 23.2 Å². The van der Waals surface area contributed by atoms with Gasteiger partial charge in [0.2, 0.25) is 0 Å². The van der Waals surface area contributed by atoms with E-state index < -0.39 is 5.60 Å². The Kier molecular flexibility index (Phi) is 4.13. The van der Waals surface area contributed by atoms with Crippen LogP contribution in [0.3, 0.4) is 0 Å². The molecule has 2 heterocycles. The lowest BCUT2D eigenvalue weighted by Gasteiger charge is -2.39. The third-order valence-corrected chi connectivity index (χ3v) is 2.76. The number of rotatable bonds is 3. The molecule has 1 N–H and O–H groups in total. The zero-order valence-corrected chi connectivity index (χ0v) is 12.0. The molecule has 0 atom stereocenters. The molecule has 0 unspecified atom stereocenters. The number of aliphatic hydroxyl groups is 1. The molecule has 0 radical (unpaired) electrons. The molecule has 1 aliphatic heterocycles. The van der Waals surface area contributed by atoms with Crippen molar-refractivity contribution in [2.45, 2.75) is 39.1 Å². The van der Waals surface area contributed by atoms with Crippen molar-refractivity contribution in [2.75, 3.05) is 13.1 Å². The fraction of sp³-hybridized carbons (Fsp3) is 0.571. The number of carbonyl (C=O) groups excluding carboxylic acids is 1. The van der Waals surface area contributed by atoms with Crippen LogP contribution in [0.25, 0.3) is 0 Å². The van der Waals surface area contributed by atoms with Crippen molar-refractivity contribution in [1.82, 2.24) is 9.88 Å². The number of ether oxygens (including phenoxy) is 2. The molecule has 6 nitrogen and oxygen atoms in total. The van der Waals surface area contributed by atoms with E-state index in [2.05, 4.69) is 4.98 Å². The molecular weight excluding hydrogens is 260 g/mol. The first-order chi connectivity index (χ1) is 9.37. The molecule has 20 heavy (non-hydrogen) atoms. The Bertz CT molecular complexity index is 461. The van der Waals surface area contributed by atoms with E-state index in [4.69, 9.17) is 14.6 Å². The number of hydrogen-bond donors (Lipinski definition) is 1. The highest BCUT2D eigenvalue weighted by atomic mass is 16.6. The lowest BCUT2D eigenvalue weighted by Crippen LogP contribution is -2.57. The van der Waals surface area contributed by atoms with E-state index in [-0.39, 0.29) is 18.8 Å². The smallest absolute Gasteiger partial charge is 0.410 e. The lowest BCUT2D eigenvalue weighted by atomic mass is 10.1. The van der Waals surface area contributed by atoms with E-state index in [1.165, 1.54) is 0 Å².